The van der Waals surface area contributed by atoms with Crippen LogP contribution in [0.1, 0.15) is 31.1 Å². The number of carbonyl (C=O) groups is 2. The highest BCUT2D eigenvalue weighted by atomic mass is 16.2. The molecule has 0 atom stereocenters. The van der Waals surface area contributed by atoms with Gasteiger partial charge in [0, 0.05) is 17.8 Å². The molecule has 0 aliphatic carbocycles. The summed E-state index contributed by atoms with van der Waals surface area (Å²) in [4.78, 5) is 24.9. The molecule has 1 saturated heterocycles. The number of carbonyl (C=O) groups excluding carboxylic acids is 2. The fourth-order valence-corrected chi connectivity index (χ4v) is 2.25. The van der Waals surface area contributed by atoms with E-state index in [1.54, 1.807) is 19.1 Å². The Morgan fingerprint density at radius 2 is 1.89 bits per heavy atom. The Labute approximate surface area is 107 Å². The molecule has 0 spiro atoms. The van der Waals surface area contributed by atoms with Crippen molar-refractivity contribution in [1.82, 2.24) is 5.32 Å². The summed E-state index contributed by atoms with van der Waals surface area (Å²) in [6.45, 7) is 6.68. The van der Waals surface area contributed by atoms with Crippen LogP contribution in [0.3, 0.4) is 0 Å². The number of amides is 1. The maximum atomic E-state index is 11.6. The predicted molar refractivity (Wildman–Crippen MR) is 70.9 cm³/mol. The number of nitrogens with one attached hydrogen (secondary N) is 1. The summed E-state index contributed by atoms with van der Waals surface area (Å²) in [5.74, 6) is 0.0835. The highest BCUT2D eigenvalue weighted by molar-refractivity contribution is 5.94. The monoisotopic (exact) mass is 246 g/mol. The van der Waals surface area contributed by atoms with Gasteiger partial charge >= 0.3 is 0 Å². The molecule has 1 amide bonds. The van der Waals surface area contributed by atoms with Crippen LogP contribution >= 0.6 is 0 Å². The van der Waals surface area contributed by atoms with Crippen molar-refractivity contribution in [3.63, 3.8) is 0 Å². The van der Waals surface area contributed by atoms with E-state index in [4.69, 9.17) is 0 Å². The molecule has 0 aromatic heterocycles. The summed E-state index contributed by atoms with van der Waals surface area (Å²) < 4.78 is 0. The largest absolute Gasteiger partial charge is 0.360 e. The van der Waals surface area contributed by atoms with Gasteiger partial charge in [-0.1, -0.05) is 0 Å². The molecule has 2 rings (SSSR count). The number of benzene rings is 1. The first-order valence-electron chi connectivity index (χ1n) is 6.04. The highest BCUT2D eigenvalue weighted by Gasteiger charge is 2.30. The predicted octanol–water partition coefficient (Wildman–Crippen LogP) is 1.60. The molecular formula is C14H18N2O2. The summed E-state index contributed by atoms with van der Waals surface area (Å²) in [6, 6.07) is 7.39. The van der Waals surface area contributed by atoms with Gasteiger partial charge in [-0.05, 0) is 45.0 Å². The lowest BCUT2D eigenvalue weighted by atomic mass is 10.0. The minimum absolute atomic E-state index is 0.0295. The number of piperazine rings is 1. The molecule has 1 heterocycles. The lowest BCUT2D eigenvalue weighted by Gasteiger charge is -2.39. The molecule has 0 saturated carbocycles. The normalized spacial score (nSPS) is 18.4. The summed E-state index contributed by atoms with van der Waals surface area (Å²) >= 11 is 0. The van der Waals surface area contributed by atoms with E-state index >= 15 is 0 Å². The van der Waals surface area contributed by atoms with Gasteiger partial charge in [0.1, 0.15) is 0 Å². The van der Waals surface area contributed by atoms with Gasteiger partial charge in [0.2, 0.25) is 5.91 Å². The van der Waals surface area contributed by atoms with Gasteiger partial charge in [-0.3, -0.25) is 9.59 Å². The number of hydrogen-bond acceptors (Lipinski definition) is 3. The van der Waals surface area contributed by atoms with Gasteiger partial charge in [-0.2, -0.15) is 0 Å². The smallest absolute Gasteiger partial charge is 0.239 e. The van der Waals surface area contributed by atoms with E-state index in [1.165, 1.54) is 0 Å². The number of Topliss-reactive ketones (excluding diaryl/α,β-unsaturated/α-hetero) is 1. The number of anilines is 1. The van der Waals surface area contributed by atoms with Crippen LogP contribution in [0.15, 0.2) is 24.3 Å². The van der Waals surface area contributed by atoms with E-state index in [-0.39, 0.29) is 17.2 Å². The number of rotatable bonds is 2. The maximum Gasteiger partial charge on any atom is 0.239 e. The topological polar surface area (TPSA) is 49.4 Å². The Balaban J connectivity index is 2.20. The average molecular weight is 246 g/mol. The first kappa shape index (κ1) is 12.6. The number of hydrogen-bond donors (Lipinski definition) is 1. The third-order valence-corrected chi connectivity index (χ3v) is 3.04. The van der Waals surface area contributed by atoms with Crippen LogP contribution in [-0.4, -0.2) is 30.3 Å². The second kappa shape index (κ2) is 4.44. The molecule has 1 aromatic carbocycles. The highest BCUT2D eigenvalue weighted by Crippen LogP contribution is 2.20. The molecule has 0 bridgehead atoms. The van der Waals surface area contributed by atoms with Crippen molar-refractivity contribution in [2.24, 2.45) is 0 Å². The molecule has 18 heavy (non-hydrogen) atoms. The van der Waals surface area contributed by atoms with Crippen LogP contribution in [0.2, 0.25) is 0 Å². The Bertz CT molecular complexity index is 477. The van der Waals surface area contributed by atoms with Crippen LogP contribution in [0, 0.1) is 0 Å². The zero-order valence-corrected chi connectivity index (χ0v) is 11.0. The zero-order valence-electron chi connectivity index (χ0n) is 11.0. The minimum atomic E-state index is -0.228. The van der Waals surface area contributed by atoms with E-state index in [9.17, 15) is 9.59 Å². The molecule has 1 aliphatic heterocycles. The van der Waals surface area contributed by atoms with Crippen LogP contribution in [0.25, 0.3) is 0 Å². The minimum Gasteiger partial charge on any atom is -0.360 e. The van der Waals surface area contributed by atoms with Crippen LogP contribution in [0.5, 0.6) is 0 Å². The molecule has 96 valence electrons. The van der Waals surface area contributed by atoms with Crippen LogP contribution in [-0.2, 0) is 4.79 Å². The summed E-state index contributed by atoms with van der Waals surface area (Å²) in [6.07, 6.45) is 0. The lowest BCUT2D eigenvalue weighted by Crippen LogP contribution is -2.60. The molecule has 0 unspecified atom stereocenters. The fraction of sp³-hybridized carbons (Fsp3) is 0.429. The standard InChI is InChI=1S/C14H18N2O2/c1-10(17)11-4-6-12(7-5-11)16-8-13(18)15-14(2,3)9-16/h4-7H,8-9H2,1-3H3,(H,15,18). The summed E-state index contributed by atoms with van der Waals surface area (Å²) in [5.41, 5.74) is 1.44. The molecule has 1 aromatic rings. The Hall–Kier alpha value is -1.84. The Morgan fingerprint density at radius 3 is 2.39 bits per heavy atom. The molecular weight excluding hydrogens is 228 g/mol. The van der Waals surface area contributed by atoms with Crippen molar-refractivity contribution in [2.75, 3.05) is 18.0 Å². The summed E-state index contributed by atoms with van der Waals surface area (Å²) in [7, 11) is 0. The lowest BCUT2D eigenvalue weighted by molar-refractivity contribution is -0.122. The molecule has 1 fully saturated rings. The van der Waals surface area contributed by atoms with E-state index in [1.807, 2.05) is 30.9 Å². The van der Waals surface area contributed by atoms with Gasteiger partial charge in [-0.15, -0.1) is 0 Å². The Kier molecular flexibility index (Phi) is 3.11. The SMILES string of the molecule is CC(=O)c1ccc(N2CC(=O)NC(C)(C)C2)cc1. The third kappa shape index (κ3) is 2.70. The average Bonchev–Trinajstić information content (AvgIpc) is 2.26. The molecule has 1 aliphatic rings. The van der Waals surface area contributed by atoms with Crippen molar-refractivity contribution < 1.29 is 9.59 Å². The van der Waals surface area contributed by atoms with Crippen molar-refractivity contribution in [3.8, 4) is 0 Å². The van der Waals surface area contributed by atoms with E-state index < -0.39 is 0 Å². The van der Waals surface area contributed by atoms with E-state index in [0.717, 1.165) is 12.2 Å². The van der Waals surface area contributed by atoms with Crippen LogP contribution in [0.4, 0.5) is 5.69 Å². The molecule has 1 N–H and O–H groups in total. The van der Waals surface area contributed by atoms with Gasteiger partial charge in [0.05, 0.1) is 12.1 Å². The summed E-state index contributed by atoms with van der Waals surface area (Å²) in [5, 5.41) is 2.95. The van der Waals surface area contributed by atoms with Gasteiger partial charge in [0.15, 0.2) is 5.78 Å². The zero-order chi connectivity index (χ0) is 13.3. The quantitative estimate of drug-likeness (QED) is 0.806. The van der Waals surface area contributed by atoms with Crippen molar-refractivity contribution in [3.05, 3.63) is 29.8 Å². The van der Waals surface area contributed by atoms with Crippen LogP contribution < -0.4 is 10.2 Å². The van der Waals surface area contributed by atoms with Crippen molar-refractivity contribution in [2.45, 2.75) is 26.3 Å². The molecule has 0 radical (unpaired) electrons. The maximum absolute atomic E-state index is 11.6. The number of ketones is 1. The Morgan fingerprint density at radius 1 is 1.28 bits per heavy atom. The van der Waals surface area contributed by atoms with Gasteiger partial charge < -0.3 is 10.2 Å². The molecule has 4 nitrogen and oxygen atoms in total. The first-order chi connectivity index (χ1) is 8.37. The fourth-order valence-electron chi connectivity index (χ4n) is 2.25. The van der Waals surface area contributed by atoms with E-state index in [2.05, 4.69) is 5.32 Å². The van der Waals surface area contributed by atoms with Crippen molar-refractivity contribution in [1.29, 1.82) is 0 Å². The second-order valence-electron chi connectivity index (χ2n) is 5.39. The number of nitrogens with zero attached hydrogens (tertiary/aromatic N) is 1. The van der Waals surface area contributed by atoms with Crippen molar-refractivity contribution >= 4 is 17.4 Å². The van der Waals surface area contributed by atoms with Gasteiger partial charge in [0.25, 0.3) is 0 Å². The van der Waals surface area contributed by atoms with E-state index in [0.29, 0.717) is 12.1 Å². The van der Waals surface area contributed by atoms with Gasteiger partial charge in [-0.25, -0.2) is 0 Å². The first-order valence-corrected chi connectivity index (χ1v) is 6.04. The third-order valence-electron chi connectivity index (χ3n) is 3.04. The molecule has 4 heteroatoms. The second-order valence-corrected chi connectivity index (χ2v) is 5.39.